The van der Waals surface area contributed by atoms with Gasteiger partial charge in [-0.05, 0) is 25.0 Å². The SMILES string of the molecule is COC(=O)CCCCC(=O)COC(=O)c1ccccc1OC. The minimum atomic E-state index is -0.597. The van der Waals surface area contributed by atoms with E-state index in [-0.39, 0.29) is 36.8 Å². The van der Waals surface area contributed by atoms with Crippen LogP contribution >= 0.6 is 0 Å². The fourth-order valence-corrected chi connectivity index (χ4v) is 1.80. The van der Waals surface area contributed by atoms with Gasteiger partial charge < -0.3 is 14.2 Å². The molecule has 6 nitrogen and oxygen atoms in total. The lowest BCUT2D eigenvalue weighted by Crippen LogP contribution is -2.14. The summed E-state index contributed by atoms with van der Waals surface area (Å²) in [5.74, 6) is -0.679. The van der Waals surface area contributed by atoms with E-state index in [9.17, 15) is 14.4 Å². The van der Waals surface area contributed by atoms with Gasteiger partial charge in [-0.3, -0.25) is 9.59 Å². The number of methoxy groups -OCH3 is 2. The summed E-state index contributed by atoms with van der Waals surface area (Å²) < 4.78 is 14.5. The average Bonchev–Trinajstić information content (AvgIpc) is 2.56. The highest BCUT2D eigenvalue weighted by atomic mass is 16.5. The van der Waals surface area contributed by atoms with Gasteiger partial charge in [0.15, 0.2) is 5.78 Å². The van der Waals surface area contributed by atoms with E-state index in [0.29, 0.717) is 18.6 Å². The van der Waals surface area contributed by atoms with Crippen LogP contribution in [0.5, 0.6) is 5.75 Å². The fourth-order valence-electron chi connectivity index (χ4n) is 1.80. The largest absolute Gasteiger partial charge is 0.496 e. The maximum Gasteiger partial charge on any atom is 0.342 e. The minimum Gasteiger partial charge on any atom is -0.496 e. The van der Waals surface area contributed by atoms with E-state index in [1.807, 2.05) is 0 Å². The lowest BCUT2D eigenvalue weighted by molar-refractivity contribution is -0.140. The molecule has 120 valence electrons. The Bertz CT molecular complexity index is 523. The van der Waals surface area contributed by atoms with Crippen LogP contribution in [0.4, 0.5) is 0 Å². The number of ether oxygens (including phenoxy) is 3. The number of esters is 2. The van der Waals surface area contributed by atoms with Crippen molar-refractivity contribution in [1.29, 1.82) is 0 Å². The Labute approximate surface area is 129 Å². The van der Waals surface area contributed by atoms with Crippen LogP contribution in [0.1, 0.15) is 36.0 Å². The zero-order valence-electron chi connectivity index (χ0n) is 12.8. The smallest absolute Gasteiger partial charge is 0.342 e. The second kappa shape index (κ2) is 9.55. The number of unbranched alkanes of at least 4 members (excludes halogenated alkanes) is 1. The van der Waals surface area contributed by atoms with Crippen LogP contribution < -0.4 is 4.74 Å². The van der Waals surface area contributed by atoms with E-state index in [2.05, 4.69) is 4.74 Å². The summed E-state index contributed by atoms with van der Waals surface area (Å²) in [6, 6.07) is 6.64. The van der Waals surface area contributed by atoms with Gasteiger partial charge in [-0.15, -0.1) is 0 Å². The number of ketones is 1. The van der Waals surface area contributed by atoms with E-state index in [4.69, 9.17) is 9.47 Å². The third-order valence-electron chi connectivity index (χ3n) is 3.01. The zero-order chi connectivity index (χ0) is 16.4. The number of rotatable bonds is 9. The predicted molar refractivity (Wildman–Crippen MR) is 78.8 cm³/mol. The molecule has 0 aliphatic heterocycles. The summed E-state index contributed by atoms with van der Waals surface area (Å²) >= 11 is 0. The topological polar surface area (TPSA) is 78.9 Å². The van der Waals surface area contributed by atoms with E-state index in [1.165, 1.54) is 14.2 Å². The van der Waals surface area contributed by atoms with Crippen LogP contribution in [0.15, 0.2) is 24.3 Å². The number of carbonyl (C=O) groups excluding carboxylic acids is 3. The monoisotopic (exact) mass is 308 g/mol. The van der Waals surface area contributed by atoms with Crippen molar-refractivity contribution in [1.82, 2.24) is 0 Å². The van der Waals surface area contributed by atoms with E-state index in [0.717, 1.165) is 0 Å². The molecule has 0 amide bonds. The van der Waals surface area contributed by atoms with Crippen molar-refractivity contribution < 1.29 is 28.6 Å². The molecule has 0 aliphatic carbocycles. The molecule has 0 heterocycles. The molecular formula is C16H20O6. The van der Waals surface area contributed by atoms with Gasteiger partial charge in [0.05, 0.1) is 14.2 Å². The molecule has 1 rings (SSSR count). The maximum absolute atomic E-state index is 11.9. The lowest BCUT2D eigenvalue weighted by atomic mass is 10.1. The van der Waals surface area contributed by atoms with Gasteiger partial charge in [-0.2, -0.15) is 0 Å². The first-order valence-corrected chi connectivity index (χ1v) is 6.97. The molecule has 0 radical (unpaired) electrons. The Balaban J connectivity index is 2.31. The van der Waals surface area contributed by atoms with Crippen molar-refractivity contribution >= 4 is 17.7 Å². The number of hydrogen-bond acceptors (Lipinski definition) is 6. The third-order valence-corrected chi connectivity index (χ3v) is 3.01. The molecule has 0 saturated carbocycles. The van der Waals surface area contributed by atoms with Gasteiger partial charge in [0, 0.05) is 12.8 Å². The quantitative estimate of drug-likeness (QED) is 0.514. The van der Waals surface area contributed by atoms with Crippen LogP contribution in [0.25, 0.3) is 0 Å². The highest BCUT2D eigenvalue weighted by Crippen LogP contribution is 2.18. The highest BCUT2D eigenvalue weighted by molar-refractivity contribution is 5.94. The van der Waals surface area contributed by atoms with Crippen molar-refractivity contribution in [3.05, 3.63) is 29.8 Å². The summed E-state index contributed by atoms with van der Waals surface area (Å²) in [4.78, 5) is 34.4. The lowest BCUT2D eigenvalue weighted by Gasteiger charge is -2.08. The number of carbonyl (C=O) groups is 3. The molecule has 0 unspecified atom stereocenters. The average molecular weight is 308 g/mol. The summed E-state index contributed by atoms with van der Waals surface area (Å²) in [5.41, 5.74) is 0.281. The van der Waals surface area contributed by atoms with Gasteiger partial charge in [0.25, 0.3) is 0 Å². The number of Topliss-reactive ketones (excluding diaryl/α,β-unsaturated/α-hetero) is 1. The molecule has 1 aromatic carbocycles. The van der Waals surface area contributed by atoms with E-state index in [1.54, 1.807) is 24.3 Å². The molecular weight excluding hydrogens is 288 g/mol. The standard InChI is InChI=1S/C16H20O6/c1-20-14-9-5-4-8-13(14)16(19)22-11-12(17)7-3-6-10-15(18)21-2/h4-5,8-9H,3,6-7,10-11H2,1-2H3. The van der Waals surface area contributed by atoms with Crippen LogP contribution in [-0.2, 0) is 19.1 Å². The molecule has 0 N–H and O–H groups in total. The van der Waals surface area contributed by atoms with Crippen molar-refractivity contribution in [2.24, 2.45) is 0 Å². The maximum atomic E-state index is 11.9. The summed E-state index contributed by atoms with van der Waals surface area (Å²) in [7, 11) is 2.78. The van der Waals surface area contributed by atoms with E-state index >= 15 is 0 Å². The zero-order valence-corrected chi connectivity index (χ0v) is 12.8. The van der Waals surface area contributed by atoms with Crippen molar-refractivity contribution in [2.45, 2.75) is 25.7 Å². The Morgan fingerprint density at radius 2 is 1.68 bits per heavy atom. The molecule has 0 fully saturated rings. The van der Waals surface area contributed by atoms with Crippen LogP contribution in [-0.4, -0.2) is 38.5 Å². The first kappa shape index (κ1) is 17.7. The highest BCUT2D eigenvalue weighted by Gasteiger charge is 2.14. The summed E-state index contributed by atoms with van der Waals surface area (Å²) in [6.07, 6.45) is 1.67. The van der Waals surface area contributed by atoms with Crippen molar-refractivity contribution in [3.63, 3.8) is 0 Å². The Hall–Kier alpha value is -2.37. The molecule has 6 heteroatoms. The second-order valence-corrected chi connectivity index (χ2v) is 4.60. The van der Waals surface area contributed by atoms with Crippen molar-refractivity contribution in [3.8, 4) is 5.75 Å². The second-order valence-electron chi connectivity index (χ2n) is 4.60. The van der Waals surface area contributed by atoms with Crippen LogP contribution in [0, 0.1) is 0 Å². The van der Waals surface area contributed by atoms with Crippen molar-refractivity contribution in [2.75, 3.05) is 20.8 Å². The van der Waals surface area contributed by atoms with Crippen LogP contribution in [0.2, 0.25) is 0 Å². The van der Waals surface area contributed by atoms with Gasteiger partial charge in [0.1, 0.15) is 17.9 Å². The van der Waals surface area contributed by atoms with E-state index < -0.39 is 5.97 Å². The minimum absolute atomic E-state index is 0.187. The molecule has 1 aromatic rings. The normalized spacial score (nSPS) is 9.91. The first-order chi connectivity index (χ1) is 10.6. The van der Waals surface area contributed by atoms with Gasteiger partial charge >= 0.3 is 11.9 Å². The third kappa shape index (κ3) is 5.95. The first-order valence-electron chi connectivity index (χ1n) is 6.97. The van der Waals surface area contributed by atoms with Gasteiger partial charge in [-0.1, -0.05) is 12.1 Å². The summed E-state index contributed by atoms with van der Waals surface area (Å²) in [6.45, 7) is -0.283. The number of para-hydroxylation sites is 1. The molecule has 0 spiro atoms. The Morgan fingerprint density at radius 1 is 1.00 bits per heavy atom. The predicted octanol–water partition coefficient (Wildman–Crippen LogP) is 2.15. The summed E-state index contributed by atoms with van der Waals surface area (Å²) in [5, 5.41) is 0. The number of benzene rings is 1. The molecule has 0 aliphatic rings. The molecule has 22 heavy (non-hydrogen) atoms. The van der Waals surface area contributed by atoms with Gasteiger partial charge in [0.2, 0.25) is 0 Å². The molecule has 0 atom stereocenters. The van der Waals surface area contributed by atoms with Gasteiger partial charge in [-0.25, -0.2) is 4.79 Å². The Morgan fingerprint density at radius 3 is 2.36 bits per heavy atom. The fraction of sp³-hybridized carbons (Fsp3) is 0.438. The Kier molecular flexibility index (Phi) is 7.67. The number of hydrogen-bond donors (Lipinski definition) is 0. The molecule has 0 bridgehead atoms. The molecule has 0 aromatic heterocycles. The molecule has 0 saturated heterocycles. The van der Waals surface area contributed by atoms with Crippen LogP contribution in [0.3, 0.4) is 0 Å².